The summed E-state index contributed by atoms with van der Waals surface area (Å²) < 4.78 is 1.91. The van der Waals surface area contributed by atoms with E-state index in [1.165, 1.54) is 12.1 Å². The van der Waals surface area contributed by atoms with Crippen LogP contribution in [0.1, 0.15) is 119 Å². The highest BCUT2D eigenvalue weighted by Crippen LogP contribution is 2.35. The van der Waals surface area contributed by atoms with Crippen molar-refractivity contribution in [2.45, 2.75) is 90.1 Å². The summed E-state index contributed by atoms with van der Waals surface area (Å²) >= 11 is 0. The molecular formula is C42H49N9O6. The molecule has 57 heavy (non-hydrogen) atoms. The Bertz CT molecular complexity index is 2190. The molecule has 1 fully saturated rings. The summed E-state index contributed by atoms with van der Waals surface area (Å²) in [6, 6.07) is 13.6. The Labute approximate surface area is 330 Å². The van der Waals surface area contributed by atoms with E-state index in [1.807, 2.05) is 29.1 Å². The summed E-state index contributed by atoms with van der Waals surface area (Å²) in [5, 5.41) is 20.1. The Morgan fingerprint density at radius 3 is 2.53 bits per heavy atom. The Hall–Kier alpha value is -5.96. The number of carbonyl (C=O) groups is 6. The fraction of sp³-hybridized carbons (Fsp3) is 0.429. The van der Waals surface area contributed by atoms with Crippen LogP contribution in [-0.2, 0) is 27.2 Å². The van der Waals surface area contributed by atoms with Crippen LogP contribution in [-0.4, -0.2) is 91.4 Å². The Morgan fingerprint density at radius 1 is 0.947 bits per heavy atom. The standard InChI is InChI=1S/C42H49N9O6/c1-42(2)19-17-30-32(23-42)47-48-37(30)39(55)45-28-24-43-50(25-28)33(26-10-6-4-7-11-26)18-21-49(3)20-9-5-8-12-35(52)44-27-13-14-29-31(22-27)41(57)51(40(29)56)34-15-16-36(53)46-38(34)54/h4,6-7,10-11,13-14,22,24-25,33-34H,5,8-9,12,15-21,23H2,1-3H3,(H,44,52)(H,45,55)(H,47,48)(H,46,53,54). The molecule has 0 bridgehead atoms. The first-order chi connectivity index (χ1) is 27.4. The van der Waals surface area contributed by atoms with Gasteiger partial charge in [-0.25, -0.2) is 0 Å². The monoisotopic (exact) mass is 775 g/mol. The maximum atomic E-state index is 13.3. The van der Waals surface area contributed by atoms with Gasteiger partial charge in [0.15, 0.2) is 5.69 Å². The largest absolute Gasteiger partial charge is 0.326 e. The lowest BCUT2D eigenvalue weighted by atomic mass is 9.76. The van der Waals surface area contributed by atoms with E-state index in [2.05, 4.69) is 69.2 Å². The quantitative estimate of drug-likeness (QED) is 0.0963. The summed E-state index contributed by atoms with van der Waals surface area (Å²) in [7, 11) is 2.08. The molecule has 2 unspecified atom stereocenters. The van der Waals surface area contributed by atoms with Crippen LogP contribution in [0.25, 0.3) is 0 Å². The minimum absolute atomic E-state index is 0.0423. The topological polar surface area (TPSA) is 191 Å². The number of H-pyrrole nitrogens is 1. The van der Waals surface area contributed by atoms with Crippen LogP contribution in [0.15, 0.2) is 60.9 Å². The third-order valence-corrected chi connectivity index (χ3v) is 11.2. The number of nitrogens with one attached hydrogen (secondary N) is 4. The van der Waals surface area contributed by atoms with Crippen molar-refractivity contribution in [2.24, 2.45) is 5.41 Å². The Kier molecular flexibility index (Phi) is 11.5. The van der Waals surface area contributed by atoms with Gasteiger partial charge in [-0.2, -0.15) is 10.2 Å². The molecule has 3 aliphatic rings. The van der Waals surface area contributed by atoms with Crippen molar-refractivity contribution in [3.8, 4) is 0 Å². The molecule has 298 valence electrons. The average molecular weight is 776 g/mol. The van der Waals surface area contributed by atoms with E-state index in [9.17, 15) is 28.8 Å². The van der Waals surface area contributed by atoms with Gasteiger partial charge < -0.3 is 15.5 Å². The van der Waals surface area contributed by atoms with E-state index >= 15 is 0 Å². The lowest BCUT2D eigenvalue weighted by molar-refractivity contribution is -0.136. The lowest BCUT2D eigenvalue weighted by Gasteiger charge is -2.28. The SMILES string of the molecule is CN(CCCCCC(=O)Nc1ccc2c(c1)C(=O)N(C1CCC(=O)NC1=O)C2=O)CCC(c1ccccc1)n1cc(NC(=O)c2n[nH]c3c2CCC(C)(C)C3)cn1. The molecule has 1 aliphatic carbocycles. The molecule has 4 aromatic rings. The summed E-state index contributed by atoms with van der Waals surface area (Å²) in [5.74, 6) is -2.75. The van der Waals surface area contributed by atoms with Gasteiger partial charge >= 0.3 is 0 Å². The van der Waals surface area contributed by atoms with E-state index in [-0.39, 0.29) is 47.2 Å². The van der Waals surface area contributed by atoms with Gasteiger partial charge in [0.1, 0.15) is 6.04 Å². The summed E-state index contributed by atoms with van der Waals surface area (Å²) in [4.78, 5) is 79.2. The first-order valence-electron chi connectivity index (χ1n) is 19.7. The van der Waals surface area contributed by atoms with Gasteiger partial charge in [-0.3, -0.25) is 48.8 Å². The molecule has 0 radical (unpaired) electrons. The molecule has 0 spiro atoms. The molecule has 1 saturated heterocycles. The van der Waals surface area contributed by atoms with Crippen LogP contribution >= 0.6 is 0 Å². The van der Waals surface area contributed by atoms with E-state index in [0.717, 1.165) is 73.3 Å². The highest BCUT2D eigenvalue weighted by Gasteiger charge is 2.44. The molecule has 4 heterocycles. The molecule has 7 rings (SSSR count). The number of aromatic nitrogens is 4. The Morgan fingerprint density at radius 2 is 1.74 bits per heavy atom. The van der Waals surface area contributed by atoms with Gasteiger partial charge in [0, 0.05) is 42.5 Å². The molecule has 0 saturated carbocycles. The molecule has 2 atom stereocenters. The van der Waals surface area contributed by atoms with Crippen LogP contribution in [0.4, 0.5) is 11.4 Å². The zero-order valence-electron chi connectivity index (χ0n) is 32.6. The minimum atomic E-state index is -1.05. The van der Waals surface area contributed by atoms with Crippen molar-refractivity contribution in [3.05, 3.63) is 94.6 Å². The van der Waals surface area contributed by atoms with Crippen LogP contribution in [0, 0.1) is 5.41 Å². The lowest BCUT2D eigenvalue weighted by Crippen LogP contribution is -2.54. The molecule has 2 aromatic carbocycles. The first kappa shape index (κ1) is 39.3. The normalized spacial score (nSPS) is 18.0. The second-order valence-electron chi connectivity index (χ2n) is 16.1. The maximum Gasteiger partial charge on any atom is 0.276 e. The average Bonchev–Trinajstić information content (AvgIpc) is 3.87. The molecule has 15 heteroatoms. The van der Waals surface area contributed by atoms with Crippen molar-refractivity contribution >= 4 is 46.8 Å². The maximum absolute atomic E-state index is 13.3. The molecule has 15 nitrogen and oxygen atoms in total. The number of amides is 6. The number of nitrogens with zero attached hydrogens (tertiary/aromatic N) is 5. The van der Waals surface area contributed by atoms with Crippen LogP contribution in [0.2, 0.25) is 0 Å². The molecule has 6 amide bonds. The number of aromatic amines is 1. The molecule has 2 aromatic heterocycles. The third-order valence-electron chi connectivity index (χ3n) is 11.2. The number of fused-ring (bicyclic) bond motifs is 2. The highest BCUT2D eigenvalue weighted by molar-refractivity contribution is 6.24. The molecular weight excluding hydrogens is 727 g/mol. The van der Waals surface area contributed by atoms with Crippen LogP contribution in [0.3, 0.4) is 0 Å². The number of anilines is 2. The second-order valence-corrected chi connectivity index (χ2v) is 16.1. The summed E-state index contributed by atoms with van der Waals surface area (Å²) in [5.41, 5.74) is 5.08. The fourth-order valence-electron chi connectivity index (χ4n) is 8.00. The van der Waals surface area contributed by atoms with Crippen molar-refractivity contribution in [1.29, 1.82) is 0 Å². The van der Waals surface area contributed by atoms with E-state index in [0.29, 0.717) is 29.9 Å². The zero-order chi connectivity index (χ0) is 40.3. The van der Waals surface area contributed by atoms with E-state index < -0.39 is 29.7 Å². The van der Waals surface area contributed by atoms with Gasteiger partial charge in [-0.15, -0.1) is 0 Å². The number of carbonyl (C=O) groups excluding carboxylic acids is 6. The number of imide groups is 2. The Balaban J connectivity index is 0.859. The molecule has 2 aliphatic heterocycles. The number of hydrogen-bond acceptors (Lipinski definition) is 9. The van der Waals surface area contributed by atoms with Crippen LogP contribution < -0.4 is 16.0 Å². The summed E-state index contributed by atoms with van der Waals surface area (Å²) in [6.07, 6.45) is 9.88. The summed E-state index contributed by atoms with van der Waals surface area (Å²) in [6.45, 7) is 6.12. The number of hydrogen-bond donors (Lipinski definition) is 4. The van der Waals surface area contributed by atoms with E-state index in [1.54, 1.807) is 12.3 Å². The number of piperidine rings is 1. The fourth-order valence-corrected chi connectivity index (χ4v) is 8.00. The highest BCUT2D eigenvalue weighted by atomic mass is 16.2. The van der Waals surface area contributed by atoms with Gasteiger partial charge in [0.2, 0.25) is 17.7 Å². The predicted octanol–water partition coefficient (Wildman–Crippen LogP) is 4.89. The smallest absolute Gasteiger partial charge is 0.276 e. The van der Waals surface area contributed by atoms with E-state index in [4.69, 9.17) is 0 Å². The van der Waals surface area contributed by atoms with Gasteiger partial charge in [0.05, 0.1) is 29.1 Å². The van der Waals surface area contributed by atoms with Crippen molar-refractivity contribution < 1.29 is 28.8 Å². The number of unbranched alkanes of at least 4 members (excludes halogenated alkanes) is 2. The van der Waals surface area contributed by atoms with Crippen LogP contribution in [0.5, 0.6) is 0 Å². The third kappa shape index (κ3) is 8.88. The number of benzene rings is 2. The minimum Gasteiger partial charge on any atom is -0.326 e. The van der Waals surface area contributed by atoms with Crippen molar-refractivity contribution in [1.82, 2.24) is 35.1 Å². The van der Waals surface area contributed by atoms with Crippen molar-refractivity contribution in [2.75, 3.05) is 30.8 Å². The number of rotatable bonds is 15. The zero-order valence-corrected chi connectivity index (χ0v) is 32.6. The second kappa shape index (κ2) is 16.6. The molecule has 4 N–H and O–H groups in total. The first-order valence-corrected chi connectivity index (χ1v) is 19.7. The van der Waals surface area contributed by atoms with Gasteiger partial charge in [-0.1, -0.05) is 50.6 Å². The van der Waals surface area contributed by atoms with Crippen molar-refractivity contribution in [3.63, 3.8) is 0 Å². The van der Waals surface area contributed by atoms with Gasteiger partial charge in [0.25, 0.3) is 17.7 Å². The predicted molar refractivity (Wildman–Crippen MR) is 211 cm³/mol. The van der Waals surface area contributed by atoms with Gasteiger partial charge in [-0.05, 0) is 87.7 Å².